The van der Waals surface area contributed by atoms with E-state index in [1.54, 1.807) is 6.26 Å². The van der Waals surface area contributed by atoms with Crippen molar-refractivity contribution in [1.82, 2.24) is 0 Å². The van der Waals surface area contributed by atoms with Crippen LogP contribution in [0.2, 0.25) is 0 Å². The van der Waals surface area contributed by atoms with Gasteiger partial charge < -0.3 is 10.5 Å². The molecule has 2 heteroatoms. The van der Waals surface area contributed by atoms with Crippen molar-refractivity contribution in [2.75, 3.05) is 6.61 Å². The topological polar surface area (TPSA) is 35.2 Å². The number of allylic oxidation sites excluding steroid dienone is 1. The Morgan fingerprint density at radius 2 is 2.44 bits per heavy atom. The normalized spacial score (nSPS) is 35.3. The Labute approximate surface area is 55.7 Å². The van der Waals surface area contributed by atoms with Gasteiger partial charge in [0.25, 0.3) is 0 Å². The fourth-order valence-corrected chi connectivity index (χ4v) is 0.860. The lowest BCUT2D eigenvalue weighted by Gasteiger charge is -2.20. The van der Waals surface area contributed by atoms with Crippen molar-refractivity contribution in [3.8, 4) is 0 Å². The van der Waals surface area contributed by atoms with Crippen LogP contribution in [0.3, 0.4) is 0 Å². The molecule has 2 N–H and O–H groups in total. The summed E-state index contributed by atoms with van der Waals surface area (Å²) in [7, 11) is 0. The number of hydrogen-bond donors (Lipinski definition) is 1. The summed E-state index contributed by atoms with van der Waals surface area (Å²) < 4.78 is 5.10. The quantitative estimate of drug-likeness (QED) is 0.527. The molecule has 0 aromatic carbocycles. The standard InChI is InChI=1S/C7H13NO/c1-7(8)4-2-3-5-9-6-7/h3,5H,2,4,6,8H2,1H3. The average molecular weight is 127 g/mol. The first kappa shape index (κ1) is 6.62. The highest BCUT2D eigenvalue weighted by Crippen LogP contribution is 2.12. The van der Waals surface area contributed by atoms with E-state index >= 15 is 0 Å². The van der Waals surface area contributed by atoms with E-state index in [2.05, 4.69) is 0 Å². The Morgan fingerprint density at radius 3 is 3.22 bits per heavy atom. The summed E-state index contributed by atoms with van der Waals surface area (Å²) in [6.45, 7) is 2.66. The lowest BCUT2D eigenvalue weighted by atomic mass is 9.99. The molecule has 9 heavy (non-hydrogen) atoms. The SMILES string of the molecule is CC1(N)CCC=COC1. The maximum atomic E-state index is 5.81. The lowest BCUT2D eigenvalue weighted by Crippen LogP contribution is -2.39. The molecule has 1 aliphatic rings. The van der Waals surface area contributed by atoms with Crippen LogP contribution in [0.4, 0.5) is 0 Å². The summed E-state index contributed by atoms with van der Waals surface area (Å²) in [6, 6.07) is 0. The van der Waals surface area contributed by atoms with Gasteiger partial charge >= 0.3 is 0 Å². The van der Waals surface area contributed by atoms with Crippen LogP contribution in [-0.4, -0.2) is 12.1 Å². The molecule has 2 nitrogen and oxygen atoms in total. The Morgan fingerprint density at radius 1 is 1.67 bits per heavy atom. The zero-order chi connectivity index (χ0) is 6.74. The van der Waals surface area contributed by atoms with Crippen molar-refractivity contribution in [2.24, 2.45) is 5.73 Å². The van der Waals surface area contributed by atoms with Crippen molar-refractivity contribution in [1.29, 1.82) is 0 Å². The molecule has 0 aromatic heterocycles. The molecular weight excluding hydrogens is 114 g/mol. The molecule has 0 saturated carbocycles. The summed E-state index contributed by atoms with van der Waals surface area (Å²) in [6.07, 6.45) is 5.80. The van der Waals surface area contributed by atoms with Crippen LogP contribution < -0.4 is 5.73 Å². The molecular formula is C7H13NO. The molecule has 0 aromatic rings. The molecule has 52 valence electrons. The molecule has 0 fully saturated rings. The number of hydrogen-bond acceptors (Lipinski definition) is 2. The minimum Gasteiger partial charge on any atom is -0.500 e. The first-order valence-corrected chi connectivity index (χ1v) is 3.26. The van der Waals surface area contributed by atoms with E-state index in [1.165, 1.54) is 0 Å². The summed E-state index contributed by atoms with van der Waals surface area (Å²) in [4.78, 5) is 0. The van der Waals surface area contributed by atoms with Crippen LogP contribution in [0.5, 0.6) is 0 Å². The smallest absolute Gasteiger partial charge is 0.105 e. The van der Waals surface area contributed by atoms with Crippen molar-refractivity contribution in [3.05, 3.63) is 12.3 Å². The van der Waals surface area contributed by atoms with Gasteiger partial charge in [0.2, 0.25) is 0 Å². The molecule has 0 radical (unpaired) electrons. The van der Waals surface area contributed by atoms with Crippen LogP contribution >= 0.6 is 0 Å². The van der Waals surface area contributed by atoms with Gasteiger partial charge in [0, 0.05) is 5.54 Å². The number of nitrogens with two attached hydrogens (primary N) is 1. The third kappa shape index (κ3) is 2.06. The Balaban J connectivity index is 2.44. The first-order chi connectivity index (χ1) is 4.21. The highest BCUT2D eigenvalue weighted by Gasteiger charge is 2.18. The molecule has 1 unspecified atom stereocenters. The van der Waals surface area contributed by atoms with Crippen LogP contribution in [0.15, 0.2) is 12.3 Å². The van der Waals surface area contributed by atoms with Crippen LogP contribution in [0.25, 0.3) is 0 Å². The molecule has 0 amide bonds. The Bertz CT molecular complexity index is 106. The predicted molar refractivity (Wildman–Crippen MR) is 36.9 cm³/mol. The Hall–Kier alpha value is -0.500. The van der Waals surface area contributed by atoms with Gasteiger partial charge in [-0.15, -0.1) is 0 Å². The summed E-state index contributed by atoms with van der Waals surface area (Å²) >= 11 is 0. The first-order valence-electron chi connectivity index (χ1n) is 3.26. The average Bonchev–Trinajstić information content (AvgIpc) is 1.92. The van der Waals surface area contributed by atoms with Crippen LogP contribution in [0, 0.1) is 0 Å². The maximum absolute atomic E-state index is 5.81. The summed E-state index contributed by atoms with van der Waals surface area (Å²) in [5.41, 5.74) is 5.69. The second-order valence-electron chi connectivity index (χ2n) is 2.88. The van der Waals surface area contributed by atoms with E-state index < -0.39 is 0 Å². The highest BCUT2D eigenvalue weighted by atomic mass is 16.5. The van der Waals surface area contributed by atoms with E-state index in [4.69, 9.17) is 10.5 Å². The second-order valence-corrected chi connectivity index (χ2v) is 2.88. The van der Waals surface area contributed by atoms with E-state index in [0.29, 0.717) is 6.61 Å². The third-order valence-corrected chi connectivity index (χ3v) is 1.49. The highest BCUT2D eigenvalue weighted by molar-refractivity contribution is 4.88. The van der Waals surface area contributed by atoms with Crippen LogP contribution in [-0.2, 0) is 4.74 Å². The number of rotatable bonds is 0. The molecule has 1 atom stereocenters. The van der Waals surface area contributed by atoms with Gasteiger partial charge in [0.1, 0.15) is 6.61 Å². The van der Waals surface area contributed by atoms with Crippen molar-refractivity contribution in [3.63, 3.8) is 0 Å². The van der Waals surface area contributed by atoms with Gasteiger partial charge in [0.05, 0.1) is 6.26 Å². The van der Waals surface area contributed by atoms with Gasteiger partial charge in [-0.2, -0.15) is 0 Å². The zero-order valence-electron chi connectivity index (χ0n) is 5.76. The van der Waals surface area contributed by atoms with Crippen molar-refractivity contribution in [2.45, 2.75) is 25.3 Å². The van der Waals surface area contributed by atoms with Gasteiger partial charge in [-0.1, -0.05) is 0 Å². The molecule has 0 saturated heterocycles. The molecule has 0 spiro atoms. The summed E-state index contributed by atoms with van der Waals surface area (Å²) in [5, 5.41) is 0. The predicted octanol–water partition coefficient (Wildman–Crippen LogP) is 1.03. The minimum atomic E-state index is -0.122. The van der Waals surface area contributed by atoms with Gasteiger partial charge in [-0.3, -0.25) is 0 Å². The van der Waals surface area contributed by atoms with Gasteiger partial charge in [-0.05, 0) is 25.8 Å². The Kier molecular flexibility index (Phi) is 1.76. The monoisotopic (exact) mass is 127 g/mol. The summed E-state index contributed by atoms with van der Waals surface area (Å²) in [5.74, 6) is 0. The van der Waals surface area contributed by atoms with E-state index in [-0.39, 0.29) is 5.54 Å². The van der Waals surface area contributed by atoms with Crippen LogP contribution in [0.1, 0.15) is 19.8 Å². The van der Waals surface area contributed by atoms with E-state index in [0.717, 1.165) is 12.8 Å². The fraction of sp³-hybridized carbons (Fsp3) is 0.714. The molecule has 0 bridgehead atoms. The molecule has 1 aliphatic heterocycles. The molecule has 0 aliphatic carbocycles. The lowest BCUT2D eigenvalue weighted by molar-refractivity contribution is 0.183. The zero-order valence-corrected chi connectivity index (χ0v) is 5.76. The van der Waals surface area contributed by atoms with Crippen molar-refractivity contribution < 1.29 is 4.74 Å². The van der Waals surface area contributed by atoms with Crippen molar-refractivity contribution >= 4 is 0 Å². The number of ether oxygens (including phenoxy) is 1. The van der Waals surface area contributed by atoms with Gasteiger partial charge in [0.15, 0.2) is 0 Å². The minimum absolute atomic E-state index is 0.122. The third-order valence-electron chi connectivity index (χ3n) is 1.49. The fourth-order valence-electron chi connectivity index (χ4n) is 0.860. The van der Waals surface area contributed by atoms with Gasteiger partial charge in [-0.25, -0.2) is 0 Å². The largest absolute Gasteiger partial charge is 0.500 e. The maximum Gasteiger partial charge on any atom is 0.105 e. The van der Waals surface area contributed by atoms with E-state index in [1.807, 2.05) is 13.0 Å². The second kappa shape index (κ2) is 2.40. The van der Waals surface area contributed by atoms with E-state index in [9.17, 15) is 0 Å². The molecule has 1 rings (SSSR count). The molecule has 1 heterocycles.